The molecule has 0 unspecified atom stereocenters. The number of rotatable bonds is 10. The van der Waals surface area contributed by atoms with Crippen LogP contribution in [-0.2, 0) is 22.6 Å². The fourth-order valence-corrected chi connectivity index (χ4v) is 7.23. The van der Waals surface area contributed by atoms with E-state index in [-0.39, 0.29) is 63.0 Å². The minimum absolute atomic E-state index is 0.0156. The predicted octanol–water partition coefficient (Wildman–Crippen LogP) is 2.35. The smallest absolute Gasteiger partial charge is 0.308 e. The van der Waals surface area contributed by atoms with E-state index < -0.39 is 60.6 Å². The Labute approximate surface area is 300 Å². The van der Waals surface area contributed by atoms with Crippen molar-refractivity contribution in [2.45, 2.75) is 82.8 Å². The molecule has 13 heteroatoms. The van der Waals surface area contributed by atoms with Gasteiger partial charge in [0.15, 0.2) is 11.6 Å². The Morgan fingerprint density at radius 1 is 0.942 bits per heavy atom. The van der Waals surface area contributed by atoms with Gasteiger partial charge in [0.1, 0.15) is 35.6 Å². The van der Waals surface area contributed by atoms with Crippen molar-refractivity contribution < 1.29 is 59.2 Å². The number of hydrogen-bond donors (Lipinski definition) is 7. The molecule has 7 N–H and O–H groups in total. The van der Waals surface area contributed by atoms with Gasteiger partial charge in [-0.05, 0) is 86.5 Å². The Hall–Kier alpha value is -4.47. The van der Waals surface area contributed by atoms with Crippen molar-refractivity contribution in [3.8, 4) is 17.2 Å². The maximum atomic E-state index is 14.7. The topological polar surface area (TPSA) is 212 Å². The second-order valence-corrected chi connectivity index (χ2v) is 13.4. The number of phenolic OH excluding ortho intramolecular Hbond substituents is 1. The van der Waals surface area contributed by atoms with Crippen molar-refractivity contribution in [1.82, 2.24) is 5.32 Å². The number of carbonyl (C=O) groups excluding carboxylic acids is 3. The van der Waals surface area contributed by atoms with Gasteiger partial charge in [0, 0.05) is 41.3 Å². The molecule has 2 fully saturated rings. The number of ether oxygens (including phenoxy) is 3. The van der Waals surface area contributed by atoms with E-state index in [0.29, 0.717) is 38.8 Å². The molecule has 0 saturated carbocycles. The average molecular weight is 718 g/mol. The number of esters is 1. The Morgan fingerprint density at radius 2 is 1.69 bits per heavy atom. The average Bonchev–Trinajstić information content (AvgIpc) is 3.13. The zero-order valence-corrected chi connectivity index (χ0v) is 28.9. The molecular formula is C39H43NO12. The number of nitrogens with one attached hydrogen (secondary N) is 1. The third-order valence-corrected chi connectivity index (χ3v) is 9.88. The van der Waals surface area contributed by atoms with Crippen molar-refractivity contribution >= 4 is 29.7 Å². The summed E-state index contributed by atoms with van der Waals surface area (Å²) in [6, 6.07) is 10.1. The quantitative estimate of drug-likeness (QED) is 0.0714. The van der Waals surface area contributed by atoms with Crippen molar-refractivity contribution in [2.75, 3.05) is 19.7 Å². The van der Waals surface area contributed by atoms with Gasteiger partial charge in [-0.1, -0.05) is 30.3 Å². The molecule has 2 saturated heterocycles. The molecule has 5 atom stereocenters. The molecule has 0 spiro atoms. The molecule has 0 amide bonds. The van der Waals surface area contributed by atoms with Crippen molar-refractivity contribution in [3.05, 3.63) is 86.5 Å². The third kappa shape index (κ3) is 7.13. The fourth-order valence-electron chi connectivity index (χ4n) is 7.23. The Morgan fingerprint density at radius 3 is 2.38 bits per heavy atom. The molecule has 3 aromatic carbocycles. The molecule has 2 heterocycles. The van der Waals surface area contributed by atoms with E-state index in [4.69, 9.17) is 14.2 Å². The summed E-state index contributed by atoms with van der Waals surface area (Å²) < 4.78 is 17.3. The van der Waals surface area contributed by atoms with Crippen molar-refractivity contribution in [2.24, 2.45) is 0 Å². The molecule has 0 aromatic heterocycles. The number of hydrogen-bond acceptors (Lipinski definition) is 13. The van der Waals surface area contributed by atoms with Crippen LogP contribution in [0.2, 0.25) is 0 Å². The number of fused-ring (bicyclic) bond motifs is 2. The molecule has 1 aliphatic carbocycles. The number of phenols is 1. The molecule has 6 rings (SSSR count). The second-order valence-electron chi connectivity index (χ2n) is 13.4. The molecule has 276 valence electrons. The Balaban J connectivity index is 1.52. The lowest BCUT2D eigenvalue weighted by Crippen LogP contribution is -2.58. The number of aromatic hydroxyl groups is 1. The summed E-state index contributed by atoms with van der Waals surface area (Å²) >= 11 is 0. The normalized spacial score (nSPS) is 23.4. The molecule has 0 radical (unpaired) electrons. The number of carbonyl (C=O) groups is 3. The summed E-state index contributed by atoms with van der Waals surface area (Å²) in [6.45, 7) is 3.21. The monoisotopic (exact) mass is 717 g/mol. The molecular weight excluding hydrogens is 674 g/mol. The van der Waals surface area contributed by atoms with E-state index in [1.165, 1.54) is 26.0 Å². The van der Waals surface area contributed by atoms with Crippen molar-refractivity contribution in [1.29, 1.82) is 0 Å². The number of aliphatic hydroxyl groups excluding tert-OH is 5. The van der Waals surface area contributed by atoms with Gasteiger partial charge in [-0.2, -0.15) is 0 Å². The maximum Gasteiger partial charge on any atom is 0.308 e. The molecule has 3 aliphatic rings. The maximum absolute atomic E-state index is 14.7. The van der Waals surface area contributed by atoms with Gasteiger partial charge in [0.05, 0.1) is 18.3 Å². The predicted molar refractivity (Wildman–Crippen MR) is 187 cm³/mol. The summed E-state index contributed by atoms with van der Waals surface area (Å²) in [7, 11) is 0. The summed E-state index contributed by atoms with van der Waals surface area (Å²) in [4.78, 5) is 41.5. The van der Waals surface area contributed by atoms with Gasteiger partial charge < -0.3 is 50.2 Å². The summed E-state index contributed by atoms with van der Waals surface area (Å²) in [5.41, 5.74) is 1.20. The standard InChI is InChI=1S/C39H43NO12/c1-19-33(44)37(48)38(49)39(50-19)52-28-17-26-32(35(46)29(28)23-10-12-40-13-11-23)36(47)30-24(18-42)16-27(51-20(2)43)25(31(30)34(26)45)9-8-22-6-3-5-21(15-22)7-4-14-41/h3,5-6,8-9,15-17,19,23,33,37-42,44,46,48-49H,4,7,10-14,18H2,1-2H3/b9-8+/t19-,33+,37+,38+,39+/m0/s1. The van der Waals surface area contributed by atoms with Crippen LogP contribution in [0.5, 0.6) is 17.2 Å². The van der Waals surface area contributed by atoms with Gasteiger partial charge in [0.25, 0.3) is 0 Å². The van der Waals surface area contributed by atoms with Gasteiger partial charge >= 0.3 is 5.97 Å². The highest BCUT2D eigenvalue weighted by atomic mass is 16.7. The van der Waals surface area contributed by atoms with Gasteiger partial charge in [-0.15, -0.1) is 0 Å². The Kier molecular flexibility index (Phi) is 11.2. The highest BCUT2D eigenvalue weighted by Crippen LogP contribution is 2.48. The molecule has 0 bridgehead atoms. The minimum atomic E-state index is -1.69. The number of aryl methyl sites for hydroxylation is 1. The number of ketones is 2. The van der Waals surface area contributed by atoms with E-state index >= 15 is 0 Å². The number of benzene rings is 3. The molecule has 52 heavy (non-hydrogen) atoms. The summed E-state index contributed by atoms with van der Waals surface area (Å²) in [6.07, 6.45) is -1.63. The first kappa shape index (κ1) is 37.3. The lowest BCUT2D eigenvalue weighted by molar-refractivity contribution is -0.268. The van der Waals surface area contributed by atoms with Crippen LogP contribution in [0.15, 0.2) is 36.4 Å². The summed E-state index contributed by atoms with van der Waals surface area (Å²) in [5.74, 6) is -3.11. The van der Waals surface area contributed by atoms with Crippen molar-refractivity contribution in [3.63, 3.8) is 0 Å². The van der Waals surface area contributed by atoms with Crippen LogP contribution in [0, 0.1) is 0 Å². The van der Waals surface area contributed by atoms with Crippen LogP contribution in [-0.4, -0.2) is 98.6 Å². The SMILES string of the molecule is CC(=O)Oc1cc(CO)c2c(c1/C=C/c1cccc(CCCO)c1)C(=O)c1cc(O[C@H]3O[C@@H](C)[C@@H](O)[C@@H](O)[C@H]3O)c(C3CCNCC3)c(O)c1C2=O. The molecule has 13 nitrogen and oxygen atoms in total. The molecule has 3 aromatic rings. The number of piperidine rings is 1. The second kappa shape index (κ2) is 15.6. The third-order valence-electron chi connectivity index (χ3n) is 9.88. The lowest BCUT2D eigenvalue weighted by Gasteiger charge is -2.39. The Bertz CT molecular complexity index is 1900. The van der Waals surface area contributed by atoms with Crippen LogP contribution >= 0.6 is 0 Å². The molecule has 2 aliphatic heterocycles. The van der Waals surface area contributed by atoms with Gasteiger partial charge in [-0.25, -0.2) is 0 Å². The number of aliphatic hydroxyl groups is 5. The first-order valence-electron chi connectivity index (χ1n) is 17.4. The van der Waals surface area contributed by atoms with Crippen LogP contribution in [0.3, 0.4) is 0 Å². The highest BCUT2D eigenvalue weighted by Gasteiger charge is 2.45. The largest absolute Gasteiger partial charge is 0.507 e. The zero-order chi connectivity index (χ0) is 37.3. The van der Waals surface area contributed by atoms with Crippen LogP contribution in [0.1, 0.15) is 98.7 Å². The van der Waals surface area contributed by atoms with E-state index in [0.717, 1.165) is 11.1 Å². The van der Waals surface area contributed by atoms with E-state index in [1.54, 1.807) is 12.2 Å². The van der Waals surface area contributed by atoms with Crippen LogP contribution < -0.4 is 14.8 Å². The van der Waals surface area contributed by atoms with Crippen LogP contribution in [0.4, 0.5) is 0 Å². The fraction of sp³-hybridized carbons (Fsp3) is 0.410. The van der Waals surface area contributed by atoms with E-state index in [1.807, 2.05) is 24.3 Å². The van der Waals surface area contributed by atoms with Crippen LogP contribution in [0.25, 0.3) is 12.2 Å². The first-order chi connectivity index (χ1) is 24.9. The lowest BCUT2D eigenvalue weighted by atomic mass is 9.76. The zero-order valence-electron chi connectivity index (χ0n) is 28.9. The highest BCUT2D eigenvalue weighted by molar-refractivity contribution is 6.31. The van der Waals surface area contributed by atoms with E-state index in [9.17, 15) is 45.0 Å². The van der Waals surface area contributed by atoms with E-state index in [2.05, 4.69) is 5.32 Å². The first-order valence-corrected chi connectivity index (χ1v) is 17.4. The summed E-state index contributed by atoms with van der Waals surface area (Å²) in [5, 5.41) is 66.4. The minimum Gasteiger partial charge on any atom is -0.507 e. The van der Waals surface area contributed by atoms with Gasteiger partial charge in [0.2, 0.25) is 6.29 Å². The van der Waals surface area contributed by atoms with Gasteiger partial charge in [-0.3, -0.25) is 14.4 Å².